The van der Waals surface area contributed by atoms with Crippen molar-refractivity contribution in [3.63, 3.8) is 0 Å². The van der Waals surface area contributed by atoms with Gasteiger partial charge in [0.05, 0.1) is 34.0 Å². The van der Waals surface area contributed by atoms with Crippen LogP contribution >= 0.6 is 0 Å². The molecule has 6 nitrogen and oxygen atoms in total. The summed E-state index contributed by atoms with van der Waals surface area (Å²) in [6.45, 7) is 3.66. The monoisotopic (exact) mass is 296 g/mol. The average Bonchev–Trinajstić information content (AvgIpc) is 2.55. The third-order valence-corrected chi connectivity index (χ3v) is 3.86. The third kappa shape index (κ3) is 3.23. The van der Waals surface area contributed by atoms with Gasteiger partial charge >= 0.3 is 0 Å². The van der Waals surface area contributed by atoms with E-state index in [2.05, 4.69) is 10.2 Å². The number of aliphatic hydroxyl groups is 1. The number of piperazine rings is 1. The lowest BCUT2D eigenvalue weighted by atomic mass is 10.0. The van der Waals surface area contributed by atoms with Crippen molar-refractivity contribution >= 4 is 0 Å². The molecule has 0 saturated carbocycles. The van der Waals surface area contributed by atoms with E-state index in [1.165, 1.54) is 0 Å². The summed E-state index contributed by atoms with van der Waals surface area (Å²) in [4.78, 5) is 2.25. The van der Waals surface area contributed by atoms with Crippen LogP contribution in [0.1, 0.15) is 11.6 Å². The lowest BCUT2D eigenvalue weighted by Crippen LogP contribution is -2.46. The summed E-state index contributed by atoms with van der Waals surface area (Å²) in [6, 6.07) is 3.67. The van der Waals surface area contributed by atoms with Crippen molar-refractivity contribution in [1.82, 2.24) is 10.2 Å². The summed E-state index contributed by atoms with van der Waals surface area (Å²) in [6.07, 6.45) is 0. The normalized spacial score (nSPS) is 17.3. The molecule has 6 heteroatoms. The molecular weight excluding hydrogens is 272 g/mol. The van der Waals surface area contributed by atoms with Crippen molar-refractivity contribution in [3.05, 3.63) is 17.7 Å². The Morgan fingerprint density at radius 2 is 1.76 bits per heavy atom. The van der Waals surface area contributed by atoms with Crippen LogP contribution in [0.5, 0.6) is 17.2 Å². The lowest BCUT2D eigenvalue weighted by molar-refractivity contribution is 0.108. The SMILES string of the molecule is COc1ccc([C@@H](CO)N2CCNCC2)c(OC)c1OC. The molecule has 0 aromatic heterocycles. The molecule has 21 heavy (non-hydrogen) atoms. The molecule has 1 aliphatic heterocycles. The molecule has 0 radical (unpaired) electrons. The molecule has 2 rings (SSSR count). The van der Waals surface area contributed by atoms with Crippen LogP contribution in [0.2, 0.25) is 0 Å². The first kappa shape index (κ1) is 15.9. The Kier molecular flexibility index (Phi) is 5.67. The van der Waals surface area contributed by atoms with Crippen LogP contribution in [0.25, 0.3) is 0 Å². The molecule has 1 fully saturated rings. The number of nitrogens with one attached hydrogen (secondary N) is 1. The van der Waals surface area contributed by atoms with Gasteiger partial charge in [-0.25, -0.2) is 0 Å². The summed E-state index contributed by atoms with van der Waals surface area (Å²) in [5.41, 5.74) is 0.916. The first-order valence-electron chi connectivity index (χ1n) is 7.11. The van der Waals surface area contributed by atoms with Gasteiger partial charge in [0.15, 0.2) is 11.5 Å². The second-order valence-corrected chi connectivity index (χ2v) is 4.91. The van der Waals surface area contributed by atoms with Crippen LogP contribution in [0.3, 0.4) is 0 Å². The molecular formula is C15H24N2O4. The molecule has 0 aliphatic carbocycles. The van der Waals surface area contributed by atoms with Gasteiger partial charge in [0.2, 0.25) is 5.75 Å². The first-order valence-corrected chi connectivity index (χ1v) is 7.11. The fraction of sp³-hybridized carbons (Fsp3) is 0.600. The molecule has 1 aromatic rings. The zero-order valence-corrected chi connectivity index (χ0v) is 12.9. The topological polar surface area (TPSA) is 63.2 Å². The third-order valence-electron chi connectivity index (χ3n) is 3.86. The van der Waals surface area contributed by atoms with Crippen molar-refractivity contribution in [1.29, 1.82) is 0 Å². The Morgan fingerprint density at radius 1 is 1.10 bits per heavy atom. The first-order chi connectivity index (χ1) is 10.3. The van der Waals surface area contributed by atoms with E-state index in [1.807, 2.05) is 12.1 Å². The fourth-order valence-electron chi connectivity index (χ4n) is 2.79. The second kappa shape index (κ2) is 7.49. The molecule has 118 valence electrons. The minimum atomic E-state index is -0.109. The van der Waals surface area contributed by atoms with E-state index < -0.39 is 0 Å². The molecule has 1 saturated heterocycles. The Hall–Kier alpha value is -1.50. The van der Waals surface area contributed by atoms with Gasteiger partial charge in [-0.05, 0) is 12.1 Å². The smallest absolute Gasteiger partial charge is 0.203 e. The van der Waals surface area contributed by atoms with E-state index in [0.29, 0.717) is 17.2 Å². The summed E-state index contributed by atoms with van der Waals surface area (Å²) in [5, 5.41) is 13.2. The quantitative estimate of drug-likeness (QED) is 0.804. The second-order valence-electron chi connectivity index (χ2n) is 4.91. The Morgan fingerprint density at radius 3 is 2.29 bits per heavy atom. The number of hydrogen-bond donors (Lipinski definition) is 2. The van der Waals surface area contributed by atoms with E-state index in [-0.39, 0.29) is 12.6 Å². The summed E-state index contributed by atoms with van der Waals surface area (Å²) < 4.78 is 16.2. The fourth-order valence-corrected chi connectivity index (χ4v) is 2.79. The van der Waals surface area contributed by atoms with Gasteiger partial charge in [0, 0.05) is 31.7 Å². The molecule has 1 heterocycles. The summed E-state index contributed by atoms with van der Waals surface area (Å²) in [7, 11) is 4.78. The highest BCUT2D eigenvalue weighted by Crippen LogP contribution is 2.43. The van der Waals surface area contributed by atoms with Gasteiger partial charge in [-0.1, -0.05) is 0 Å². The van der Waals surface area contributed by atoms with E-state index >= 15 is 0 Å². The van der Waals surface area contributed by atoms with Gasteiger partial charge in [-0.3, -0.25) is 4.90 Å². The molecule has 1 atom stereocenters. The van der Waals surface area contributed by atoms with E-state index in [1.54, 1.807) is 21.3 Å². The van der Waals surface area contributed by atoms with Crippen LogP contribution in [-0.2, 0) is 0 Å². The van der Waals surface area contributed by atoms with Crippen molar-refractivity contribution in [2.45, 2.75) is 6.04 Å². The van der Waals surface area contributed by atoms with E-state index in [9.17, 15) is 5.11 Å². The summed E-state index contributed by atoms with van der Waals surface area (Å²) in [5.74, 6) is 1.80. The summed E-state index contributed by atoms with van der Waals surface area (Å²) >= 11 is 0. The predicted molar refractivity (Wildman–Crippen MR) is 80.4 cm³/mol. The van der Waals surface area contributed by atoms with E-state index in [0.717, 1.165) is 31.7 Å². The maximum absolute atomic E-state index is 9.85. The number of rotatable bonds is 6. The number of methoxy groups -OCH3 is 3. The number of benzene rings is 1. The standard InChI is InChI=1S/C15H24N2O4/c1-19-13-5-4-11(14(20-2)15(13)21-3)12(10-18)17-8-6-16-7-9-17/h4-5,12,16,18H,6-10H2,1-3H3/t12-/m1/s1. The molecule has 0 bridgehead atoms. The molecule has 1 aliphatic rings. The highest BCUT2D eigenvalue weighted by Gasteiger charge is 2.27. The maximum Gasteiger partial charge on any atom is 0.203 e. The van der Waals surface area contributed by atoms with Gasteiger partial charge in [0.1, 0.15) is 0 Å². The molecule has 0 amide bonds. The predicted octanol–water partition coefficient (Wildman–Crippen LogP) is 0.651. The largest absolute Gasteiger partial charge is 0.493 e. The van der Waals surface area contributed by atoms with Gasteiger partial charge in [-0.2, -0.15) is 0 Å². The Balaban J connectivity index is 2.40. The zero-order valence-electron chi connectivity index (χ0n) is 12.9. The highest BCUT2D eigenvalue weighted by molar-refractivity contribution is 5.56. The number of nitrogens with zero attached hydrogens (tertiary/aromatic N) is 1. The minimum absolute atomic E-state index is 0.0336. The molecule has 1 aromatic carbocycles. The van der Waals surface area contributed by atoms with Crippen molar-refractivity contribution < 1.29 is 19.3 Å². The van der Waals surface area contributed by atoms with Crippen LogP contribution in [-0.4, -0.2) is 64.1 Å². The van der Waals surface area contributed by atoms with Gasteiger partial charge in [-0.15, -0.1) is 0 Å². The molecule has 2 N–H and O–H groups in total. The maximum atomic E-state index is 9.85. The van der Waals surface area contributed by atoms with Crippen LogP contribution in [0, 0.1) is 0 Å². The number of ether oxygens (including phenoxy) is 3. The van der Waals surface area contributed by atoms with Crippen molar-refractivity contribution in [2.24, 2.45) is 0 Å². The number of hydrogen-bond acceptors (Lipinski definition) is 6. The average molecular weight is 296 g/mol. The van der Waals surface area contributed by atoms with E-state index in [4.69, 9.17) is 14.2 Å². The minimum Gasteiger partial charge on any atom is -0.493 e. The highest BCUT2D eigenvalue weighted by atomic mass is 16.5. The van der Waals surface area contributed by atoms with Crippen LogP contribution in [0.15, 0.2) is 12.1 Å². The van der Waals surface area contributed by atoms with Crippen molar-refractivity contribution in [3.8, 4) is 17.2 Å². The Bertz CT molecular complexity index is 461. The van der Waals surface area contributed by atoms with Crippen molar-refractivity contribution in [2.75, 3.05) is 54.1 Å². The van der Waals surface area contributed by atoms with Crippen LogP contribution in [0.4, 0.5) is 0 Å². The van der Waals surface area contributed by atoms with Crippen LogP contribution < -0.4 is 19.5 Å². The molecule has 0 unspecified atom stereocenters. The molecule has 0 spiro atoms. The van der Waals surface area contributed by atoms with Gasteiger partial charge < -0.3 is 24.6 Å². The Labute approximate surface area is 125 Å². The van der Waals surface area contributed by atoms with Gasteiger partial charge in [0.25, 0.3) is 0 Å². The lowest BCUT2D eigenvalue weighted by Gasteiger charge is -2.35. The zero-order chi connectivity index (χ0) is 15.2. The number of aliphatic hydroxyl groups excluding tert-OH is 1.